The normalized spacial score (nSPS) is 11.7. The van der Waals surface area contributed by atoms with Gasteiger partial charge in [0, 0.05) is 12.6 Å². The standard InChI is InChI=1S/C9H13BrN2/c1-9(2,3)6-8-11-5-4-7(10)12-8/h4-5H,6H2,1-3H3. The van der Waals surface area contributed by atoms with Crippen molar-refractivity contribution in [2.24, 2.45) is 5.41 Å². The predicted octanol–water partition coefficient (Wildman–Crippen LogP) is 2.83. The Hall–Kier alpha value is -0.440. The van der Waals surface area contributed by atoms with E-state index in [-0.39, 0.29) is 5.41 Å². The maximum absolute atomic E-state index is 4.26. The highest BCUT2D eigenvalue weighted by Crippen LogP contribution is 2.18. The molecule has 0 aliphatic carbocycles. The summed E-state index contributed by atoms with van der Waals surface area (Å²) >= 11 is 3.32. The predicted molar refractivity (Wildman–Crippen MR) is 52.9 cm³/mol. The van der Waals surface area contributed by atoms with Crippen molar-refractivity contribution in [1.29, 1.82) is 0 Å². The third-order valence-electron chi connectivity index (χ3n) is 1.36. The highest BCUT2D eigenvalue weighted by molar-refractivity contribution is 9.10. The average molecular weight is 229 g/mol. The lowest BCUT2D eigenvalue weighted by Crippen LogP contribution is -2.11. The molecular weight excluding hydrogens is 216 g/mol. The topological polar surface area (TPSA) is 25.8 Å². The average Bonchev–Trinajstić information content (AvgIpc) is 1.82. The second-order valence-electron chi connectivity index (χ2n) is 4.03. The summed E-state index contributed by atoms with van der Waals surface area (Å²) in [6.07, 6.45) is 2.69. The minimum absolute atomic E-state index is 0.251. The first-order chi connectivity index (χ1) is 5.47. The van der Waals surface area contributed by atoms with Crippen LogP contribution in [-0.4, -0.2) is 9.97 Å². The van der Waals surface area contributed by atoms with Crippen molar-refractivity contribution in [3.63, 3.8) is 0 Å². The molecule has 0 aromatic carbocycles. The van der Waals surface area contributed by atoms with Crippen LogP contribution in [0, 0.1) is 5.41 Å². The minimum Gasteiger partial charge on any atom is -0.241 e. The Balaban J connectivity index is 2.77. The van der Waals surface area contributed by atoms with Gasteiger partial charge in [0.2, 0.25) is 0 Å². The SMILES string of the molecule is CC(C)(C)Cc1nccc(Br)n1. The highest BCUT2D eigenvalue weighted by Gasteiger charge is 2.12. The van der Waals surface area contributed by atoms with E-state index in [4.69, 9.17) is 0 Å². The molecule has 0 saturated heterocycles. The van der Waals surface area contributed by atoms with Gasteiger partial charge in [0.15, 0.2) is 0 Å². The summed E-state index contributed by atoms with van der Waals surface area (Å²) in [7, 11) is 0. The molecule has 0 unspecified atom stereocenters. The molecule has 1 aromatic rings. The lowest BCUT2D eigenvalue weighted by atomic mass is 9.92. The molecule has 0 N–H and O–H groups in total. The van der Waals surface area contributed by atoms with E-state index < -0.39 is 0 Å². The fourth-order valence-electron chi connectivity index (χ4n) is 0.934. The third-order valence-corrected chi connectivity index (χ3v) is 1.80. The molecule has 0 aliphatic heterocycles. The number of halogens is 1. The van der Waals surface area contributed by atoms with Crippen LogP contribution in [0.3, 0.4) is 0 Å². The van der Waals surface area contributed by atoms with Gasteiger partial charge in [0.25, 0.3) is 0 Å². The summed E-state index contributed by atoms with van der Waals surface area (Å²) in [6, 6.07) is 1.84. The van der Waals surface area contributed by atoms with E-state index in [1.54, 1.807) is 6.20 Å². The molecular formula is C9H13BrN2. The van der Waals surface area contributed by atoms with Gasteiger partial charge in [0.05, 0.1) is 0 Å². The molecule has 0 aliphatic rings. The first-order valence-electron chi connectivity index (χ1n) is 3.95. The van der Waals surface area contributed by atoms with Crippen molar-refractivity contribution in [2.75, 3.05) is 0 Å². The zero-order valence-electron chi connectivity index (χ0n) is 7.63. The maximum Gasteiger partial charge on any atom is 0.130 e. The van der Waals surface area contributed by atoms with Gasteiger partial charge in [0.1, 0.15) is 10.4 Å². The van der Waals surface area contributed by atoms with Gasteiger partial charge in [-0.15, -0.1) is 0 Å². The maximum atomic E-state index is 4.26. The number of nitrogens with zero attached hydrogens (tertiary/aromatic N) is 2. The summed E-state index contributed by atoms with van der Waals surface area (Å²) < 4.78 is 0.858. The smallest absolute Gasteiger partial charge is 0.130 e. The molecule has 0 fully saturated rings. The Morgan fingerprint density at radius 1 is 1.42 bits per heavy atom. The summed E-state index contributed by atoms with van der Waals surface area (Å²) in [4.78, 5) is 8.45. The van der Waals surface area contributed by atoms with Gasteiger partial charge < -0.3 is 0 Å². The molecule has 3 heteroatoms. The highest BCUT2D eigenvalue weighted by atomic mass is 79.9. The van der Waals surface area contributed by atoms with Crippen molar-refractivity contribution in [3.8, 4) is 0 Å². The third kappa shape index (κ3) is 3.30. The number of hydrogen-bond acceptors (Lipinski definition) is 2. The van der Waals surface area contributed by atoms with E-state index in [0.29, 0.717) is 0 Å². The number of rotatable bonds is 1. The van der Waals surface area contributed by atoms with Crippen molar-refractivity contribution in [3.05, 3.63) is 22.7 Å². The minimum atomic E-state index is 0.251. The summed E-state index contributed by atoms with van der Waals surface area (Å²) in [6.45, 7) is 6.53. The fourth-order valence-corrected chi connectivity index (χ4v) is 1.26. The van der Waals surface area contributed by atoms with E-state index in [1.165, 1.54) is 0 Å². The zero-order chi connectivity index (χ0) is 9.19. The Morgan fingerprint density at radius 3 is 2.58 bits per heavy atom. The quantitative estimate of drug-likeness (QED) is 0.692. The van der Waals surface area contributed by atoms with Crippen molar-refractivity contribution in [1.82, 2.24) is 9.97 Å². The van der Waals surface area contributed by atoms with Crippen LogP contribution < -0.4 is 0 Å². The molecule has 66 valence electrons. The zero-order valence-corrected chi connectivity index (χ0v) is 9.22. The molecule has 0 saturated carbocycles. The van der Waals surface area contributed by atoms with Crippen molar-refractivity contribution < 1.29 is 0 Å². The van der Waals surface area contributed by atoms with Crippen LogP contribution in [0.2, 0.25) is 0 Å². The van der Waals surface area contributed by atoms with E-state index in [0.717, 1.165) is 16.8 Å². The lowest BCUT2D eigenvalue weighted by molar-refractivity contribution is 0.400. The van der Waals surface area contributed by atoms with Crippen LogP contribution in [0.4, 0.5) is 0 Å². The summed E-state index contributed by atoms with van der Waals surface area (Å²) in [5.41, 5.74) is 0.251. The Morgan fingerprint density at radius 2 is 2.08 bits per heavy atom. The van der Waals surface area contributed by atoms with E-state index in [2.05, 4.69) is 46.7 Å². The van der Waals surface area contributed by atoms with Gasteiger partial charge >= 0.3 is 0 Å². The summed E-state index contributed by atoms with van der Waals surface area (Å²) in [5, 5.41) is 0. The molecule has 1 aromatic heterocycles. The Labute approximate surface area is 81.6 Å². The summed E-state index contributed by atoms with van der Waals surface area (Å²) in [5.74, 6) is 0.900. The Bertz CT molecular complexity index is 265. The largest absolute Gasteiger partial charge is 0.241 e. The number of hydrogen-bond donors (Lipinski definition) is 0. The van der Waals surface area contributed by atoms with Crippen LogP contribution >= 0.6 is 15.9 Å². The van der Waals surface area contributed by atoms with Gasteiger partial charge in [-0.3, -0.25) is 0 Å². The van der Waals surface area contributed by atoms with E-state index in [1.807, 2.05) is 6.07 Å². The molecule has 0 spiro atoms. The van der Waals surface area contributed by atoms with Gasteiger partial charge in [-0.2, -0.15) is 0 Å². The van der Waals surface area contributed by atoms with Crippen LogP contribution in [-0.2, 0) is 6.42 Å². The van der Waals surface area contributed by atoms with Crippen molar-refractivity contribution in [2.45, 2.75) is 27.2 Å². The molecule has 2 nitrogen and oxygen atoms in total. The molecule has 0 bridgehead atoms. The van der Waals surface area contributed by atoms with Gasteiger partial charge in [-0.05, 0) is 27.4 Å². The first-order valence-corrected chi connectivity index (χ1v) is 4.74. The van der Waals surface area contributed by atoms with E-state index in [9.17, 15) is 0 Å². The van der Waals surface area contributed by atoms with Crippen molar-refractivity contribution >= 4 is 15.9 Å². The van der Waals surface area contributed by atoms with Gasteiger partial charge in [-0.25, -0.2) is 9.97 Å². The molecule has 0 amide bonds. The van der Waals surface area contributed by atoms with E-state index >= 15 is 0 Å². The van der Waals surface area contributed by atoms with Crippen LogP contribution in [0.1, 0.15) is 26.6 Å². The molecule has 1 rings (SSSR count). The lowest BCUT2D eigenvalue weighted by Gasteiger charge is -2.16. The Kier molecular flexibility index (Phi) is 2.83. The second-order valence-corrected chi connectivity index (χ2v) is 4.85. The molecule has 0 atom stereocenters. The molecule has 1 heterocycles. The second kappa shape index (κ2) is 3.52. The van der Waals surface area contributed by atoms with Crippen LogP contribution in [0.25, 0.3) is 0 Å². The molecule has 12 heavy (non-hydrogen) atoms. The first kappa shape index (κ1) is 9.65. The van der Waals surface area contributed by atoms with Crippen LogP contribution in [0.5, 0.6) is 0 Å². The number of aromatic nitrogens is 2. The fraction of sp³-hybridized carbons (Fsp3) is 0.556. The van der Waals surface area contributed by atoms with Gasteiger partial charge in [-0.1, -0.05) is 20.8 Å². The van der Waals surface area contributed by atoms with Crippen LogP contribution in [0.15, 0.2) is 16.9 Å². The molecule has 0 radical (unpaired) electrons. The monoisotopic (exact) mass is 228 g/mol.